The van der Waals surface area contributed by atoms with Crippen LogP contribution in [0.25, 0.3) is 0 Å². The number of hydrogen-bond donors (Lipinski definition) is 1. The Morgan fingerprint density at radius 1 is 1.05 bits per heavy atom. The van der Waals surface area contributed by atoms with Gasteiger partial charge < -0.3 is 23.5 Å². The Bertz CT molecular complexity index is 1200. The molecule has 0 spiro atoms. The molecule has 2 aromatic carbocycles. The Hall–Kier alpha value is -2.77. The van der Waals surface area contributed by atoms with E-state index in [1.165, 1.54) is 6.92 Å². The summed E-state index contributed by atoms with van der Waals surface area (Å²) >= 11 is 0. The summed E-state index contributed by atoms with van der Waals surface area (Å²) in [6, 6.07) is 18.9. The molecule has 0 aliphatic carbocycles. The van der Waals surface area contributed by atoms with E-state index < -0.39 is 56.1 Å². The van der Waals surface area contributed by atoms with E-state index in [1.54, 1.807) is 58.0 Å². The van der Waals surface area contributed by atoms with Gasteiger partial charge in [-0.2, -0.15) is 10.3 Å². The van der Waals surface area contributed by atoms with Crippen molar-refractivity contribution < 1.29 is 37.4 Å². The number of carbonyl (C=O) groups excluding carboxylic acids is 1. The van der Waals surface area contributed by atoms with Gasteiger partial charge in [0.15, 0.2) is 5.79 Å². The molecule has 2 aliphatic rings. The summed E-state index contributed by atoms with van der Waals surface area (Å²) in [7, 11) is -4.24. The molecule has 10 nitrogen and oxygen atoms in total. The maximum absolute atomic E-state index is 14.0. The smallest absolute Gasteiger partial charge is 0.459 e. The van der Waals surface area contributed by atoms with Crippen LogP contribution in [-0.2, 0) is 32.8 Å². The largest absolute Gasteiger partial charge is 0.462 e. The fourth-order valence-electron chi connectivity index (χ4n) is 4.39. The third-order valence-electron chi connectivity index (χ3n) is 6.02. The first kappa shape index (κ1) is 28.2. The Labute approximate surface area is 222 Å². The number of rotatable bonds is 10. The number of nitriles is 1. The van der Waals surface area contributed by atoms with Gasteiger partial charge in [-0.05, 0) is 52.3 Å². The van der Waals surface area contributed by atoms with Gasteiger partial charge in [0.25, 0.3) is 0 Å². The van der Waals surface area contributed by atoms with Crippen LogP contribution in [0.15, 0.2) is 60.7 Å². The van der Waals surface area contributed by atoms with Gasteiger partial charge in [-0.25, -0.2) is 4.57 Å². The van der Waals surface area contributed by atoms with Crippen molar-refractivity contribution in [2.45, 2.75) is 76.5 Å². The minimum absolute atomic E-state index is 0.243. The van der Waals surface area contributed by atoms with Crippen LogP contribution in [-0.4, -0.2) is 48.3 Å². The fraction of sp³-hybridized carbons (Fsp3) is 0.481. The molecule has 11 heteroatoms. The lowest BCUT2D eigenvalue weighted by molar-refractivity contribution is -0.203. The normalized spacial score (nSPS) is 28.2. The van der Waals surface area contributed by atoms with Crippen molar-refractivity contribution in [1.29, 1.82) is 5.26 Å². The summed E-state index contributed by atoms with van der Waals surface area (Å²) < 4.78 is 49.2. The second-order valence-electron chi connectivity index (χ2n) is 9.98. The van der Waals surface area contributed by atoms with Crippen LogP contribution in [0.5, 0.6) is 5.75 Å². The van der Waals surface area contributed by atoms with E-state index >= 15 is 0 Å². The van der Waals surface area contributed by atoms with Crippen LogP contribution < -0.4 is 9.61 Å². The second-order valence-corrected chi connectivity index (χ2v) is 11.7. The number of carbonyl (C=O) groups is 1. The number of esters is 1. The van der Waals surface area contributed by atoms with E-state index in [4.69, 9.17) is 28.0 Å². The molecule has 6 atom stereocenters. The zero-order valence-corrected chi connectivity index (χ0v) is 22.9. The lowest BCUT2D eigenvalue weighted by atomic mass is 9.95. The van der Waals surface area contributed by atoms with E-state index in [-0.39, 0.29) is 11.9 Å². The molecule has 0 amide bonds. The van der Waals surface area contributed by atoms with Crippen molar-refractivity contribution in [1.82, 2.24) is 5.09 Å². The van der Waals surface area contributed by atoms with Crippen LogP contribution in [0, 0.1) is 11.3 Å². The summed E-state index contributed by atoms with van der Waals surface area (Å²) in [6.45, 7) is 7.92. The maximum atomic E-state index is 14.0. The van der Waals surface area contributed by atoms with E-state index in [1.807, 2.05) is 30.3 Å². The molecule has 4 rings (SSSR count). The van der Waals surface area contributed by atoms with Gasteiger partial charge in [0.2, 0.25) is 5.60 Å². The van der Waals surface area contributed by atoms with Crippen LogP contribution in [0.4, 0.5) is 0 Å². The average molecular weight is 545 g/mol. The molecule has 2 aromatic rings. The van der Waals surface area contributed by atoms with Gasteiger partial charge >= 0.3 is 13.7 Å². The first-order chi connectivity index (χ1) is 18.0. The first-order valence-corrected chi connectivity index (χ1v) is 14.0. The van der Waals surface area contributed by atoms with Crippen LogP contribution in [0.3, 0.4) is 0 Å². The molecule has 2 aliphatic heterocycles. The molecule has 0 saturated carbocycles. The van der Waals surface area contributed by atoms with Crippen LogP contribution >= 0.6 is 7.75 Å². The lowest BCUT2D eigenvalue weighted by Gasteiger charge is -2.31. The third kappa shape index (κ3) is 6.26. The SMILES string of the molecule is CC(C)OC(=O)[C@H](C)N[P@](=O)(OC[C@@]1(C#N)O[C@@H](c2ccccc2)[C@@H]2OC(C)(C)O[C@@H]21)Oc1ccccc1. The summed E-state index contributed by atoms with van der Waals surface area (Å²) in [5.74, 6) is -1.37. The molecular weight excluding hydrogens is 511 g/mol. The van der Waals surface area contributed by atoms with Crippen molar-refractivity contribution >= 4 is 13.7 Å². The van der Waals surface area contributed by atoms with E-state index in [2.05, 4.69) is 11.2 Å². The van der Waals surface area contributed by atoms with Gasteiger partial charge in [0.1, 0.15) is 42.8 Å². The van der Waals surface area contributed by atoms with Crippen molar-refractivity contribution in [3.05, 3.63) is 66.2 Å². The van der Waals surface area contributed by atoms with Gasteiger partial charge in [0.05, 0.1) is 6.10 Å². The summed E-state index contributed by atoms with van der Waals surface area (Å²) in [5, 5.41) is 13.0. The Morgan fingerprint density at radius 2 is 1.68 bits per heavy atom. The molecule has 0 bridgehead atoms. The maximum Gasteiger partial charge on any atom is 0.459 e. The number of fused-ring (bicyclic) bond motifs is 1. The Morgan fingerprint density at radius 3 is 2.29 bits per heavy atom. The molecule has 2 saturated heterocycles. The Kier molecular flexibility index (Phi) is 8.29. The van der Waals surface area contributed by atoms with E-state index in [9.17, 15) is 14.6 Å². The average Bonchev–Trinajstić information content (AvgIpc) is 3.35. The molecule has 0 aromatic heterocycles. The highest BCUT2D eigenvalue weighted by atomic mass is 31.2. The second kappa shape index (κ2) is 11.1. The zero-order valence-electron chi connectivity index (χ0n) is 22.0. The fourth-order valence-corrected chi connectivity index (χ4v) is 5.91. The zero-order chi connectivity index (χ0) is 27.6. The van der Waals surface area contributed by atoms with Gasteiger partial charge in [0, 0.05) is 0 Å². The Balaban J connectivity index is 1.61. The molecule has 2 fully saturated rings. The molecule has 0 unspecified atom stereocenters. The highest BCUT2D eigenvalue weighted by Gasteiger charge is 2.64. The van der Waals surface area contributed by atoms with Crippen molar-refractivity contribution in [2.24, 2.45) is 0 Å². The quantitative estimate of drug-likeness (QED) is 0.333. The molecule has 0 radical (unpaired) electrons. The molecular formula is C27H33N2O8P. The molecule has 204 valence electrons. The number of ether oxygens (including phenoxy) is 4. The molecule has 38 heavy (non-hydrogen) atoms. The molecule has 1 N–H and O–H groups in total. The minimum atomic E-state index is -4.24. The predicted molar refractivity (Wildman–Crippen MR) is 137 cm³/mol. The first-order valence-electron chi connectivity index (χ1n) is 12.4. The van der Waals surface area contributed by atoms with E-state index in [0.29, 0.717) is 0 Å². The van der Waals surface area contributed by atoms with Crippen molar-refractivity contribution in [2.75, 3.05) is 6.61 Å². The minimum Gasteiger partial charge on any atom is -0.462 e. The van der Waals surface area contributed by atoms with Gasteiger partial charge in [-0.15, -0.1) is 0 Å². The topological polar surface area (TPSA) is 125 Å². The van der Waals surface area contributed by atoms with Gasteiger partial charge in [-0.1, -0.05) is 48.5 Å². The van der Waals surface area contributed by atoms with Crippen LogP contribution in [0.2, 0.25) is 0 Å². The summed E-state index contributed by atoms with van der Waals surface area (Å²) in [6.07, 6.45) is -2.46. The standard InChI is InChI=1S/C27H33N2O8P/c1-18(2)33-25(30)19(3)29-38(31,37-21-14-10-7-11-15-21)32-17-27(16-28)24-23(34-26(4,5)36-24)22(35-27)20-12-8-6-9-13-20/h6-15,18-19,22-24H,17H2,1-5H3,(H,29,31)/t19-,22-,23-,24-,27+,38-/m0/s1. The third-order valence-corrected chi connectivity index (χ3v) is 7.64. The van der Waals surface area contributed by atoms with Gasteiger partial charge in [-0.3, -0.25) is 9.32 Å². The highest BCUT2D eigenvalue weighted by molar-refractivity contribution is 7.52. The molecule has 2 heterocycles. The van der Waals surface area contributed by atoms with Crippen LogP contribution in [0.1, 0.15) is 46.3 Å². The lowest BCUT2D eigenvalue weighted by Crippen LogP contribution is -2.46. The number of hydrogen-bond acceptors (Lipinski definition) is 9. The summed E-state index contributed by atoms with van der Waals surface area (Å²) in [5.41, 5.74) is -0.884. The highest BCUT2D eigenvalue weighted by Crippen LogP contribution is 2.52. The number of para-hydroxylation sites is 1. The summed E-state index contributed by atoms with van der Waals surface area (Å²) in [4.78, 5) is 12.5. The van der Waals surface area contributed by atoms with E-state index in [0.717, 1.165) is 5.56 Å². The van der Waals surface area contributed by atoms with Crippen molar-refractivity contribution in [3.8, 4) is 11.8 Å². The monoisotopic (exact) mass is 544 g/mol. The number of benzene rings is 2. The van der Waals surface area contributed by atoms with Crippen molar-refractivity contribution in [3.63, 3.8) is 0 Å². The predicted octanol–water partition coefficient (Wildman–Crippen LogP) is 4.67. The number of nitrogens with zero attached hydrogens (tertiary/aromatic N) is 1. The number of nitrogens with one attached hydrogen (secondary N) is 1.